The summed E-state index contributed by atoms with van der Waals surface area (Å²) in [6.07, 6.45) is 3.47. The van der Waals surface area contributed by atoms with Gasteiger partial charge < -0.3 is 19.7 Å². The summed E-state index contributed by atoms with van der Waals surface area (Å²) in [6, 6.07) is 14.3. The summed E-state index contributed by atoms with van der Waals surface area (Å²) in [6.45, 7) is 0. The molecule has 0 saturated heterocycles. The largest absolute Gasteiger partial charge is 0.497 e. The fraction of sp³-hybridized carbons (Fsp3) is 0.273. The standard InChI is InChI=1S/C22H24O6/c1-27-19-9-3-15(4-10-19)13-17(21(23)24)7-8-18(22(25)26)14-16-5-11-20(28-2)12-6-16/h3-12,17-18H,13-14H2,1-2H3,(H,23,24)(H,25,26)/t17-,18-/m1/s1. The fourth-order valence-corrected chi connectivity index (χ4v) is 2.77. The molecule has 2 atom stereocenters. The Morgan fingerprint density at radius 3 is 1.32 bits per heavy atom. The van der Waals surface area contributed by atoms with Gasteiger partial charge in [0.05, 0.1) is 26.1 Å². The maximum Gasteiger partial charge on any atom is 0.310 e. The van der Waals surface area contributed by atoms with Crippen molar-refractivity contribution in [2.75, 3.05) is 14.2 Å². The Morgan fingerprint density at radius 2 is 1.07 bits per heavy atom. The minimum atomic E-state index is -0.999. The summed E-state index contributed by atoms with van der Waals surface area (Å²) < 4.78 is 10.2. The van der Waals surface area contributed by atoms with Gasteiger partial charge in [0.15, 0.2) is 0 Å². The molecule has 0 amide bonds. The second-order valence-electron chi connectivity index (χ2n) is 6.38. The second kappa shape index (κ2) is 10.2. The molecule has 2 aromatic carbocycles. The summed E-state index contributed by atoms with van der Waals surface area (Å²) in [5.74, 6) is -2.24. The number of benzene rings is 2. The first-order chi connectivity index (χ1) is 13.4. The molecule has 2 N–H and O–H groups in total. The third kappa shape index (κ3) is 6.16. The van der Waals surface area contributed by atoms with E-state index in [4.69, 9.17) is 9.47 Å². The lowest BCUT2D eigenvalue weighted by molar-refractivity contribution is -0.141. The zero-order chi connectivity index (χ0) is 20.5. The van der Waals surface area contributed by atoms with Crippen molar-refractivity contribution in [2.45, 2.75) is 12.8 Å². The van der Waals surface area contributed by atoms with E-state index in [9.17, 15) is 19.8 Å². The Hall–Kier alpha value is -3.28. The monoisotopic (exact) mass is 384 g/mol. The van der Waals surface area contributed by atoms with Gasteiger partial charge in [-0.3, -0.25) is 9.59 Å². The number of hydrogen-bond acceptors (Lipinski definition) is 4. The van der Waals surface area contributed by atoms with E-state index in [-0.39, 0.29) is 12.8 Å². The van der Waals surface area contributed by atoms with Crippen LogP contribution in [0.3, 0.4) is 0 Å². The molecule has 2 rings (SSSR count). The quantitative estimate of drug-likeness (QED) is 0.610. The highest BCUT2D eigenvalue weighted by atomic mass is 16.5. The minimum Gasteiger partial charge on any atom is -0.497 e. The Kier molecular flexibility index (Phi) is 7.63. The zero-order valence-electron chi connectivity index (χ0n) is 15.9. The van der Waals surface area contributed by atoms with Gasteiger partial charge >= 0.3 is 11.9 Å². The molecule has 0 aromatic heterocycles. The van der Waals surface area contributed by atoms with Crippen molar-refractivity contribution in [2.24, 2.45) is 11.8 Å². The molecule has 0 radical (unpaired) electrons. The lowest BCUT2D eigenvalue weighted by atomic mass is 9.94. The lowest BCUT2D eigenvalue weighted by Gasteiger charge is -2.12. The minimum absolute atomic E-state index is 0.269. The highest BCUT2D eigenvalue weighted by Crippen LogP contribution is 2.19. The second-order valence-corrected chi connectivity index (χ2v) is 6.38. The number of carboxylic acids is 2. The first-order valence-electron chi connectivity index (χ1n) is 8.82. The molecule has 0 bridgehead atoms. The van der Waals surface area contributed by atoms with Gasteiger partial charge in [0.1, 0.15) is 11.5 Å². The average molecular weight is 384 g/mol. The smallest absolute Gasteiger partial charge is 0.310 e. The summed E-state index contributed by atoms with van der Waals surface area (Å²) in [5.41, 5.74) is 1.67. The lowest BCUT2D eigenvalue weighted by Crippen LogP contribution is -2.17. The average Bonchev–Trinajstić information content (AvgIpc) is 2.70. The molecule has 0 spiro atoms. The van der Waals surface area contributed by atoms with Crippen molar-refractivity contribution in [3.63, 3.8) is 0 Å². The van der Waals surface area contributed by atoms with Crippen molar-refractivity contribution < 1.29 is 29.3 Å². The summed E-state index contributed by atoms with van der Waals surface area (Å²) in [5, 5.41) is 19.0. The van der Waals surface area contributed by atoms with E-state index in [1.54, 1.807) is 62.8 Å². The first-order valence-corrected chi connectivity index (χ1v) is 8.82. The van der Waals surface area contributed by atoms with Crippen LogP contribution in [-0.4, -0.2) is 36.4 Å². The normalized spacial score (nSPS) is 13.1. The van der Waals surface area contributed by atoms with Crippen LogP contribution < -0.4 is 9.47 Å². The molecule has 0 saturated carbocycles. The SMILES string of the molecule is COc1ccc(C[C@@H](C=C[C@H](Cc2ccc(OC)cc2)C(=O)O)C(=O)O)cc1. The van der Waals surface area contributed by atoms with Crippen LogP contribution in [0.2, 0.25) is 0 Å². The van der Waals surface area contributed by atoms with E-state index in [1.807, 2.05) is 0 Å². The Balaban J connectivity index is 2.09. The Labute approximate surface area is 164 Å². The number of carboxylic acid groups (broad SMARTS) is 2. The van der Waals surface area contributed by atoms with Crippen molar-refractivity contribution in [3.8, 4) is 11.5 Å². The predicted molar refractivity (Wildman–Crippen MR) is 105 cm³/mol. The summed E-state index contributed by atoms with van der Waals surface area (Å²) >= 11 is 0. The molecule has 148 valence electrons. The van der Waals surface area contributed by atoms with Crippen molar-refractivity contribution in [3.05, 3.63) is 71.8 Å². The van der Waals surface area contributed by atoms with E-state index in [0.717, 1.165) is 11.1 Å². The number of rotatable bonds is 10. The van der Waals surface area contributed by atoms with Crippen LogP contribution in [0.25, 0.3) is 0 Å². The molecule has 0 aliphatic rings. The van der Waals surface area contributed by atoms with Crippen LogP contribution in [0.5, 0.6) is 11.5 Å². The van der Waals surface area contributed by atoms with E-state index < -0.39 is 23.8 Å². The molecule has 0 fully saturated rings. The third-order valence-corrected chi connectivity index (χ3v) is 4.44. The van der Waals surface area contributed by atoms with Crippen LogP contribution in [0.15, 0.2) is 60.7 Å². The number of aliphatic carboxylic acids is 2. The molecule has 0 unspecified atom stereocenters. The molecular weight excluding hydrogens is 360 g/mol. The van der Waals surface area contributed by atoms with Crippen molar-refractivity contribution >= 4 is 11.9 Å². The first kappa shape index (κ1) is 21.0. The highest BCUT2D eigenvalue weighted by Gasteiger charge is 2.19. The third-order valence-electron chi connectivity index (χ3n) is 4.44. The predicted octanol–water partition coefficient (Wildman–Crippen LogP) is 3.45. The molecular formula is C22H24O6. The van der Waals surface area contributed by atoms with Crippen LogP contribution in [0.1, 0.15) is 11.1 Å². The van der Waals surface area contributed by atoms with Crippen LogP contribution in [0.4, 0.5) is 0 Å². The van der Waals surface area contributed by atoms with Crippen LogP contribution in [0, 0.1) is 11.8 Å². The number of carbonyl (C=O) groups is 2. The van der Waals surface area contributed by atoms with Gasteiger partial charge in [0, 0.05) is 0 Å². The molecule has 0 aliphatic carbocycles. The van der Waals surface area contributed by atoms with Gasteiger partial charge in [0.2, 0.25) is 0 Å². The number of hydrogen-bond donors (Lipinski definition) is 2. The molecule has 0 aliphatic heterocycles. The molecule has 0 heterocycles. The topological polar surface area (TPSA) is 93.1 Å². The van der Waals surface area contributed by atoms with Crippen molar-refractivity contribution in [1.82, 2.24) is 0 Å². The maximum absolute atomic E-state index is 11.6. The van der Waals surface area contributed by atoms with Gasteiger partial charge in [0.25, 0.3) is 0 Å². The van der Waals surface area contributed by atoms with Gasteiger partial charge in [-0.2, -0.15) is 0 Å². The summed E-state index contributed by atoms with van der Waals surface area (Å²) in [7, 11) is 3.12. The fourth-order valence-electron chi connectivity index (χ4n) is 2.77. The van der Waals surface area contributed by atoms with Gasteiger partial charge in [-0.15, -0.1) is 0 Å². The maximum atomic E-state index is 11.6. The Morgan fingerprint density at radius 1 is 0.750 bits per heavy atom. The number of methoxy groups -OCH3 is 2. The zero-order valence-corrected chi connectivity index (χ0v) is 15.9. The number of ether oxygens (including phenoxy) is 2. The Bertz CT molecular complexity index is 738. The van der Waals surface area contributed by atoms with Crippen molar-refractivity contribution in [1.29, 1.82) is 0 Å². The summed E-state index contributed by atoms with van der Waals surface area (Å²) in [4.78, 5) is 23.2. The molecule has 2 aromatic rings. The van der Waals surface area contributed by atoms with E-state index in [2.05, 4.69) is 0 Å². The van der Waals surface area contributed by atoms with E-state index in [1.165, 1.54) is 12.2 Å². The molecule has 6 heteroatoms. The molecule has 28 heavy (non-hydrogen) atoms. The van der Waals surface area contributed by atoms with Crippen LogP contribution in [-0.2, 0) is 22.4 Å². The van der Waals surface area contributed by atoms with Crippen LogP contribution >= 0.6 is 0 Å². The van der Waals surface area contributed by atoms with Gasteiger partial charge in [-0.25, -0.2) is 0 Å². The van der Waals surface area contributed by atoms with Gasteiger partial charge in [-0.05, 0) is 48.2 Å². The molecule has 6 nitrogen and oxygen atoms in total. The highest BCUT2D eigenvalue weighted by molar-refractivity contribution is 5.75. The van der Waals surface area contributed by atoms with E-state index >= 15 is 0 Å². The van der Waals surface area contributed by atoms with Gasteiger partial charge in [-0.1, -0.05) is 36.4 Å². The van der Waals surface area contributed by atoms with E-state index in [0.29, 0.717) is 11.5 Å².